The van der Waals surface area contributed by atoms with Crippen LogP contribution in [0, 0.1) is 0 Å². The van der Waals surface area contributed by atoms with Crippen LogP contribution in [0.25, 0.3) is 0 Å². The van der Waals surface area contributed by atoms with Gasteiger partial charge in [-0.05, 0) is 23.8 Å². The normalized spacial score (nSPS) is 11.3. The highest BCUT2D eigenvalue weighted by Gasteiger charge is 2.02. The summed E-state index contributed by atoms with van der Waals surface area (Å²) in [7, 11) is 0. The molecular formula is C10H8BrCl2NO. The lowest BCUT2D eigenvalue weighted by Gasteiger charge is -2.01. The topological polar surface area (TPSA) is 32.6 Å². The Kier molecular flexibility index (Phi) is 5.15. The van der Waals surface area contributed by atoms with Crippen LogP contribution in [-0.2, 0) is 0 Å². The van der Waals surface area contributed by atoms with Crippen LogP contribution in [0.4, 0.5) is 0 Å². The smallest absolute Gasteiger partial charge is 0.103 e. The van der Waals surface area contributed by atoms with E-state index in [9.17, 15) is 0 Å². The summed E-state index contributed by atoms with van der Waals surface area (Å²) in [5, 5.41) is 12.0. The standard InChI is InChI=1S/C10H8BrCl2NO/c11-8-3-1-7(2-4-8)9(14-15)5-6-10(12)13/h1-4,6,15H,5H2/b14-9+. The lowest BCUT2D eigenvalue weighted by Crippen LogP contribution is -1.99. The highest BCUT2D eigenvalue weighted by Crippen LogP contribution is 2.14. The van der Waals surface area contributed by atoms with Gasteiger partial charge in [-0.25, -0.2) is 0 Å². The molecule has 80 valence electrons. The SMILES string of the molecule is O/N=C(\CC=C(Cl)Cl)c1ccc(Br)cc1. The van der Waals surface area contributed by atoms with Gasteiger partial charge in [-0.15, -0.1) is 0 Å². The minimum absolute atomic E-state index is 0.160. The van der Waals surface area contributed by atoms with Crippen LogP contribution >= 0.6 is 39.1 Å². The Morgan fingerprint density at radius 1 is 1.33 bits per heavy atom. The van der Waals surface area contributed by atoms with Crippen LogP contribution < -0.4 is 0 Å². The molecule has 2 nitrogen and oxygen atoms in total. The van der Waals surface area contributed by atoms with E-state index in [4.69, 9.17) is 28.4 Å². The third-order valence-corrected chi connectivity index (χ3v) is 2.59. The summed E-state index contributed by atoms with van der Waals surface area (Å²) in [6.07, 6.45) is 1.96. The Balaban J connectivity index is 2.85. The minimum Gasteiger partial charge on any atom is -0.411 e. The van der Waals surface area contributed by atoms with Crippen molar-refractivity contribution in [1.29, 1.82) is 0 Å². The largest absolute Gasteiger partial charge is 0.411 e. The molecule has 1 aromatic rings. The van der Waals surface area contributed by atoms with E-state index in [1.54, 1.807) is 6.08 Å². The van der Waals surface area contributed by atoms with E-state index in [1.165, 1.54) is 0 Å². The van der Waals surface area contributed by atoms with Crippen molar-refractivity contribution in [1.82, 2.24) is 0 Å². The number of oxime groups is 1. The molecule has 0 aliphatic carbocycles. The summed E-state index contributed by atoms with van der Waals surface area (Å²) in [6, 6.07) is 7.42. The molecule has 0 radical (unpaired) electrons. The molecule has 0 heterocycles. The van der Waals surface area contributed by atoms with Gasteiger partial charge < -0.3 is 5.21 Å². The van der Waals surface area contributed by atoms with Crippen LogP contribution in [0.3, 0.4) is 0 Å². The van der Waals surface area contributed by atoms with Gasteiger partial charge in [0.15, 0.2) is 0 Å². The first-order valence-electron chi connectivity index (χ1n) is 4.11. The molecule has 0 aliphatic heterocycles. The maximum Gasteiger partial charge on any atom is 0.103 e. The predicted molar refractivity (Wildman–Crippen MR) is 66.9 cm³/mol. The number of hydrogen-bond donors (Lipinski definition) is 1. The molecule has 5 heteroatoms. The van der Waals surface area contributed by atoms with Crippen LogP contribution in [0.5, 0.6) is 0 Å². The van der Waals surface area contributed by atoms with E-state index in [2.05, 4.69) is 21.1 Å². The Bertz CT molecular complexity index is 383. The highest BCUT2D eigenvalue weighted by atomic mass is 79.9. The molecule has 0 atom stereocenters. The molecule has 0 amide bonds. The number of halogens is 3. The molecule has 1 aromatic carbocycles. The fourth-order valence-electron chi connectivity index (χ4n) is 1.03. The van der Waals surface area contributed by atoms with Gasteiger partial charge in [0.1, 0.15) is 4.49 Å². The Labute approximate surface area is 106 Å². The summed E-state index contributed by atoms with van der Waals surface area (Å²) in [5.41, 5.74) is 1.34. The molecule has 0 saturated heterocycles. The van der Waals surface area contributed by atoms with Crippen molar-refractivity contribution in [2.45, 2.75) is 6.42 Å². The maximum atomic E-state index is 8.82. The van der Waals surface area contributed by atoms with Crippen molar-refractivity contribution in [2.24, 2.45) is 5.16 Å². The van der Waals surface area contributed by atoms with Crippen molar-refractivity contribution in [3.8, 4) is 0 Å². The summed E-state index contributed by atoms with van der Waals surface area (Å²) in [4.78, 5) is 0. The van der Waals surface area contributed by atoms with Gasteiger partial charge in [0.2, 0.25) is 0 Å². The fraction of sp³-hybridized carbons (Fsp3) is 0.100. The predicted octanol–water partition coefficient (Wildman–Crippen LogP) is 4.34. The zero-order valence-corrected chi connectivity index (χ0v) is 10.7. The molecule has 0 aromatic heterocycles. The van der Waals surface area contributed by atoms with Crippen LogP contribution in [0.1, 0.15) is 12.0 Å². The second kappa shape index (κ2) is 6.16. The van der Waals surface area contributed by atoms with Crippen molar-refractivity contribution in [3.63, 3.8) is 0 Å². The van der Waals surface area contributed by atoms with Crippen molar-refractivity contribution in [3.05, 3.63) is 44.9 Å². The van der Waals surface area contributed by atoms with Crippen LogP contribution in [0.2, 0.25) is 0 Å². The number of rotatable bonds is 3. The quantitative estimate of drug-likeness (QED) is 0.503. The molecule has 0 unspecified atom stereocenters. The van der Waals surface area contributed by atoms with E-state index < -0.39 is 0 Å². The third kappa shape index (κ3) is 4.24. The van der Waals surface area contributed by atoms with Crippen molar-refractivity contribution < 1.29 is 5.21 Å². The molecule has 0 saturated carbocycles. The van der Waals surface area contributed by atoms with Gasteiger partial charge in [-0.3, -0.25) is 0 Å². The molecule has 0 fully saturated rings. The molecule has 0 bridgehead atoms. The van der Waals surface area contributed by atoms with E-state index in [0.29, 0.717) is 12.1 Å². The molecule has 1 N–H and O–H groups in total. The van der Waals surface area contributed by atoms with E-state index in [1.807, 2.05) is 24.3 Å². The van der Waals surface area contributed by atoms with E-state index in [-0.39, 0.29) is 4.49 Å². The summed E-state index contributed by atoms with van der Waals surface area (Å²) in [6.45, 7) is 0. The van der Waals surface area contributed by atoms with E-state index >= 15 is 0 Å². The molecule has 15 heavy (non-hydrogen) atoms. The highest BCUT2D eigenvalue weighted by molar-refractivity contribution is 9.10. The van der Waals surface area contributed by atoms with Crippen molar-refractivity contribution in [2.75, 3.05) is 0 Å². The number of allylic oxidation sites excluding steroid dienone is 1. The molecular weight excluding hydrogens is 301 g/mol. The van der Waals surface area contributed by atoms with Gasteiger partial charge in [-0.2, -0.15) is 0 Å². The number of benzene rings is 1. The summed E-state index contributed by atoms with van der Waals surface area (Å²) >= 11 is 14.3. The van der Waals surface area contributed by atoms with Gasteiger partial charge in [0.25, 0.3) is 0 Å². The molecule has 0 aliphatic rings. The second-order valence-corrected chi connectivity index (χ2v) is 4.68. The van der Waals surface area contributed by atoms with Gasteiger partial charge in [0, 0.05) is 10.9 Å². The molecule has 0 spiro atoms. The monoisotopic (exact) mass is 307 g/mol. The minimum atomic E-state index is 0.160. The van der Waals surface area contributed by atoms with Gasteiger partial charge in [-0.1, -0.05) is 56.4 Å². The van der Waals surface area contributed by atoms with Gasteiger partial charge >= 0.3 is 0 Å². The zero-order chi connectivity index (χ0) is 11.3. The van der Waals surface area contributed by atoms with E-state index in [0.717, 1.165) is 10.0 Å². The van der Waals surface area contributed by atoms with Gasteiger partial charge in [0.05, 0.1) is 5.71 Å². The lowest BCUT2D eigenvalue weighted by molar-refractivity contribution is 0.318. The molecule has 1 rings (SSSR count). The zero-order valence-electron chi connectivity index (χ0n) is 7.62. The maximum absolute atomic E-state index is 8.82. The first-order valence-corrected chi connectivity index (χ1v) is 5.66. The Morgan fingerprint density at radius 2 is 1.93 bits per heavy atom. The summed E-state index contributed by atoms with van der Waals surface area (Å²) < 4.78 is 1.13. The first-order chi connectivity index (χ1) is 7.13. The summed E-state index contributed by atoms with van der Waals surface area (Å²) in [5.74, 6) is 0. The second-order valence-electron chi connectivity index (χ2n) is 2.75. The number of nitrogens with zero attached hydrogens (tertiary/aromatic N) is 1. The average Bonchev–Trinajstić information content (AvgIpc) is 2.21. The number of hydrogen-bond acceptors (Lipinski definition) is 2. The van der Waals surface area contributed by atoms with Crippen LogP contribution in [0.15, 0.2) is 44.5 Å². The average molecular weight is 309 g/mol. The third-order valence-electron chi connectivity index (χ3n) is 1.75. The van der Waals surface area contributed by atoms with Crippen molar-refractivity contribution >= 4 is 44.8 Å². The Hall–Kier alpha value is -0.510. The Morgan fingerprint density at radius 3 is 2.40 bits per heavy atom. The lowest BCUT2D eigenvalue weighted by atomic mass is 10.1. The fourth-order valence-corrected chi connectivity index (χ4v) is 1.45. The first kappa shape index (κ1) is 12.6. The van der Waals surface area contributed by atoms with Crippen LogP contribution in [-0.4, -0.2) is 10.9 Å².